The molecule has 0 N–H and O–H groups in total. The summed E-state index contributed by atoms with van der Waals surface area (Å²) in [6, 6.07) is 8.39. The minimum atomic E-state index is 0.184. The summed E-state index contributed by atoms with van der Waals surface area (Å²) in [5.41, 5.74) is 3.18. The summed E-state index contributed by atoms with van der Waals surface area (Å²) in [6.45, 7) is 3.89. The van der Waals surface area contributed by atoms with E-state index in [1.54, 1.807) is 0 Å². The lowest BCUT2D eigenvalue weighted by Gasteiger charge is -2.20. The molecule has 1 saturated heterocycles. The van der Waals surface area contributed by atoms with Gasteiger partial charge in [-0.1, -0.05) is 24.5 Å². The average molecular weight is 270 g/mol. The number of rotatable bonds is 1. The summed E-state index contributed by atoms with van der Waals surface area (Å²) >= 11 is 0. The second-order valence-corrected chi connectivity index (χ2v) is 5.86. The number of aromatic nitrogens is 1. The first-order valence-corrected chi connectivity index (χ1v) is 7.52. The summed E-state index contributed by atoms with van der Waals surface area (Å²) in [5.74, 6) is 0.184. The third kappa shape index (κ3) is 2.33. The Kier molecular flexibility index (Phi) is 3.51. The number of fused-ring (bicyclic) bond motifs is 1. The second-order valence-electron chi connectivity index (χ2n) is 5.86. The topological polar surface area (TPSA) is 25.2 Å². The van der Waals surface area contributed by atoms with Crippen LogP contribution in [0.2, 0.25) is 0 Å². The van der Waals surface area contributed by atoms with E-state index in [0.29, 0.717) is 0 Å². The van der Waals surface area contributed by atoms with Crippen LogP contribution in [0.15, 0.2) is 24.3 Å². The van der Waals surface area contributed by atoms with Gasteiger partial charge in [-0.15, -0.1) is 0 Å². The molecule has 2 heterocycles. The molecule has 3 nitrogen and oxygen atoms in total. The van der Waals surface area contributed by atoms with Crippen molar-refractivity contribution in [1.82, 2.24) is 9.47 Å². The van der Waals surface area contributed by atoms with Gasteiger partial charge in [-0.2, -0.15) is 0 Å². The Bertz CT molecular complexity index is 634. The summed E-state index contributed by atoms with van der Waals surface area (Å²) in [6.07, 6.45) is 4.76. The maximum atomic E-state index is 12.7. The van der Waals surface area contributed by atoms with Crippen molar-refractivity contribution in [2.75, 3.05) is 13.1 Å². The van der Waals surface area contributed by atoms with Crippen LogP contribution in [0.25, 0.3) is 10.9 Å². The fourth-order valence-corrected chi connectivity index (χ4v) is 3.11. The molecule has 1 amide bonds. The molecule has 0 spiro atoms. The van der Waals surface area contributed by atoms with E-state index in [4.69, 9.17) is 0 Å². The van der Waals surface area contributed by atoms with Crippen molar-refractivity contribution in [3.05, 3.63) is 35.5 Å². The van der Waals surface area contributed by atoms with E-state index in [0.717, 1.165) is 42.5 Å². The Morgan fingerprint density at radius 1 is 1.05 bits per heavy atom. The number of amides is 1. The van der Waals surface area contributed by atoms with Crippen LogP contribution < -0.4 is 0 Å². The predicted octanol–water partition coefficient (Wildman–Crippen LogP) is 3.50. The van der Waals surface area contributed by atoms with Gasteiger partial charge in [0, 0.05) is 31.0 Å². The molecule has 20 heavy (non-hydrogen) atoms. The van der Waals surface area contributed by atoms with E-state index >= 15 is 0 Å². The Labute approximate surface area is 120 Å². The Balaban J connectivity index is 1.96. The zero-order valence-electron chi connectivity index (χ0n) is 12.4. The summed E-state index contributed by atoms with van der Waals surface area (Å²) in [7, 11) is 1.99. The molecule has 0 atom stereocenters. The number of carbonyl (C=O) groups is 1. The van der Waals surface area contributed by atoms with Crippen molar-refractivity contribution in [2.45, 2.75) is 32.6 Å². The van der Waals surface area contributed by atoms with Crippen molar-refractivity contribution in [3.8, 4) is 0 Å². The van der Waals surface area contributed by atoms with Crippen molar-refractivity contribution in [3.63, 3.8) is 0 Å². The molecule has 3 heteroatoms. The maximum Gasteiger partial charge on any atom is 0.270 e. The zero-order chi connectivity index (χ0) is 14.1. The van der Waals surface area contributed by atoms with E-state index < -0.39 is 0 Å². The molecule has 106 valence electrons. The van der Waals surface area contributed by atoms with Crippen molar-refractivity contribution in [1.29, 1.82) is 0 Å². The quantitative estimate of drug-likeness (QED) is 0.778. The average Bonchev–Trinajstić information content (AvgIpc) is 2.65. The highest BCUT2D eigenvalue weighted by Crippen LogP contribution is 2.22. The fourth-order valence-electron chi connectivity index (χ4n) is 3.11. The first kappa shape index (κ1) is 13.2. The van der Waals surface area contributed by atoms with Crippen molar-refractivity contribution >= 4 is 16.8 Å². The molecule has 2 aromatic rings. The minimum absolute atomic E-state index is 0.184. The monoisotopic (exact) mass is 270 g/mol. The highest BCUT2D eigenvalue weighted by Gasteiger charge is 2.20. The maximum absolute atomic E-state index is 12.7. The van der Waals surface area contributed by atoms with Crippen LogP contribution in [-0.2, 0) is 7.05 Å². The van der Waals surface area contributed by atoms with E-state index in [2.05, 4.69) is 25.1 Å². The molecule has 1 aliphatic rings. The number of aryl methyl sites for hydroxylation is 2. The van der Waals surface area contributed by atoms with Crippen LogP contribution in [0, 0.1) is 6.92 Å². The number of nitrogens with zero attached hydrogens (tertiary/aromatic N) is 2. The molecular formula is C17H22N2O. The van der Waals surface area contributed by atoms with Gasteiger partial charge in [-0.05, 0) is 38.0 Å². The van der Waals surface area contributed by atoms with Gasteiger partial charge >= 0.3 is 0 Å². The number of hydrogen-bond donors (Lipinski definition) is 0. The molecule has 0 bridgehead atoms. The Hall–Kier alpha value is -1.77. The van der Waals surface area contributed by atoms with Crippen molar-refractivity contribution < 1.29 is 4.79 Å². The number of hydrogen-bond acceptors (Lipinski definition) is 1. The number of benzene rings is 1. The molecule has 1 aliphatic heterocycles. The largest absolute Gasteiger partial charge is 0.340 e. The molecule has 3 rings (SSSR count). The lowest BCUT2D eigenvalue weighted by Crippen LogP contribution is -2.33. The first-order chi connectivity index (χ1) is 9.66. The van der Waals surface area contributed by atoms with Crippen LogP contribution >= 0.6 is 0 Å². The van der Waals surface area contributed by atoms with Gasteiger partial charge in [-0.25, -0.2) is 0 Å². The van der Waals surface area contributed by atoms with Gasteiger partial charge in [0.25, 0.3) is 5.91 Å². The summed E-state index contributed by atoms with van der Waals surface area (Å²) in [4.78, 5) is 14.8. The molecule has 1 aromatic heterocycles. The van der Waals surface area contributed by atoms with Crippen LogP contribution in [0.4, 0.5) is 0 Å². The summed E-state index contributed by atoms with van der Waals surface area (Å²) < 4.78 is 2.03. The highest BCUT2D eigenvalue weighted by atomic mass is 16.2. The van der Waals surface area contributed by atoms with Crippen molar-refractivity contribution in [2.24, 2.45) is 7.05 Å². The van der Waals surface area contributed by atoms with E-state index in [9.17, 15) is 4.79 Å². The fraction of sp³-hybridized carbons (Fsp3) is 0.471. The Morgan fingerprint density at radius 2 is 1.75 bits per heavy atom. The highest BCUT2D eigenvalue weighted by molar-refractivity contribution is 5.98. The third-order valence-corrected chi connectivity index (χ3v) is 4.31. The zero-order valence-corrected chi connectivity index (χ0v) is 12.4. The van der Waals surface area contributed by atoms with Gasteiger partial charge in [0.1, 0.15) is 5.69 Å². The number of likely N-dealkylation sites (tertiary alicyclic amines) is 1. The first-order valence-electron chi connectivity index (χ1n) is 7.52. The number of carbonyl (C=O) groups excluding carboxylic acids is 1. The van der Waals surface area contributed by atoms with Gasteiger partial charge in [-0.3, -0.25) is 4.79 Å². The molecule has 0 unspecified atom stereocenters. The molecule has 1 fully saturated rings. The Morgan fingerprint density at radius 3 is 2.45 bits per heavy atom. The van der Waals surface area contributed by atoms with Crippen LogP contribution in [-0.4, -0.2) is 28.5 Å². The van der Waals surface area contributed by atoms with Gasteiger partial charge < -0.3 is 9.47 Å². The smallest absolute Gasteiger partial charge is 0.270 e. The van der Waals surface area contributed by atoms with Crippen LogP contribution in [0.5, 0.6) is 0 Å². The summed E-state index contributed by atoms with van der Waals surface area (Å²) in [5, 5.41) is 1.16. The predicted molar refractivity (Wildman–Crippen MR) is 82.0 cm³/mol. The lowest BCUT2D eigenvalue weighted by atomic mass is 10.2. The molecule has 0 saturated carbocycles. The lowest BCUT2D eigenvalue weighted by molar-refractivity contribution is 0.0752. The van der Waals surface area contributed by atoms with E-state index in [1.807, 2.05) is 22.6 Å². The standard InChI is InChI=1S/C17H22N2O/c1-13-7-8-15-14(11-13)12-16(18(15)2)17(20)19-9-5-3-4-6-10-19/h7-8,11-12H,3-6,9-10H2,1-2H3. The second kappa shape index (κ2) is 5.31. The van der Waals surface area contributed by atoms with E-state index in [1.165, 1.54) is 18.4 Å². The molecule has 0 aliphatic carbocycles. The SMILES string of the molecule is Cc1ccc2c(c1)cc(C(=O)N1CCCCCC1)n2C. The molecular weight excluding hydrogens is 248 g/mol. The minimum Gasteiger partial charge on any atom is -0.340 e. The normalized spacial score (nSPS) is 16.4. The third-order valence-electron chi connectivity index (χ3n) is 4.31. The van der Waals surface area contributed by atoms with E-state index in [-0.39, 0.29) is 5.91 Å². The van der Waals surface area contributed by atoms with Gasteiger partial charge in [0.15, 0.2) is 0 Å². The van der Waals surface area contributed by atoms with Crippen LogP contribution in [0.3, 0.4) is 0 Å². The molecule has 1 aromatic carbocycles. The van der Waals surface area contributed by atoms with Crippen LogP contribution in [0.1, 0.15) is 41.7 Å². The molecule has 0 radical (unpaired) electrons. The van der Waals surface area contributed by atoms with Gasteiger partial charge in [0.2, 0.25) is 0 Å². The van der Waals surface area contributed by atoms with Gasteiger partial charge in [0.05, 0.1) is 0 Å².